The minimum absolute atomic E-state index is 0.138. The largest absolute Gasteiger partial charge is 0.440 e. The first kappa shape index (κ1) is 20.6. The normalized spacial score (nSPS) is 14.8. The highest BCUT2D eigenvalue weighted by molar-refractivity contribution is 7.71. The summed E-state index contributed by atoms with van der Waals surface area (Å²) in [6.45, 7) is 3.97. The fourth-order valence-corrected chi connectivity index (χ4v) is 4.56. The van der Waals surface area contributed by atoms with Gasteiger partial charge in [0.15, 0.2) is 22.1 Å². The van der Waals surface area contributed by atoms with E-state index in [1.807, 2.05) is 58.9 Å². The Morgan fingerprint density at radius 1 is 1.19 bits per heavy atom. The molecule has 1 fully saturated rings. The van der Waals surface area contributed by atoms with Crippen molar-refractivity contribution in [3.63, 3.8) is 0 Å². The minimum atomic E-state index is 0.138. The number of nitrogens with one attached hydrogen (secondary N) is 1. The molecule has 0 radical (unpaired) electrons. The van der Waals surface area contributed by atoms with Crippen LogP contribution < -0.4 is 0 Å². The molecule has 0 bridgehead atoms. The van der Waals surface area contributed by atoms with Crippen LogP contribution in [0.1, 0.15) is 36.6 Å². The third-order valence-corrected chi connectivity index (χ3v) is 6.40. The second kappa shape index (κ2) is 8.70. The van der Waals surface area contributed by atoms with Crippen molar-refractivity contribution in [3.8, 4) is 11.4 Å². The van der Waals surface area contributed by atoms with Gasteiger partial charge in [0.25, 0.3) is 0 Å². The summed E-state index contributed by atoms with van der Waals surface area (Å²) >= 11 is 5.41. The maximum Gasteiger partial charge on any atom is 0.224 e. The molecule has 2 aromatic carbocycles. The van der Waals surface area contributed by atoms with Crippen LogP contribution in [-0.4, -0.2) is 43.6 Å². The van der Waals surface area contributed by atoms with Crippen molar-refractivity contribution in [1.29, 1.82) is 0 Å². The van der Waals surface area contributed by atoms with Crippen molar-refractivity contribution in [2.75, 3.05) is 13.1 Å². The Labute approximate surface area is 191 Å². The molecular weight excluding hydrogens is 422 g/mol. The molecule has 0 saturated carbocycles. The van der Waals surface area contributed by atoms with Gasteiger partial charge in [-0.25, -0.2) is 4.98 Å². The number of rotatable bonds is 5. The number of aromatic nitrogens is 4. The summed E-state index contributed by atoms with van der Waals surface area (Å²) in [4.78, 5) is 19.5. The Balaban J connectivity index is 1.21. The van der Waals surface area contributed by atoms with E-state index < -0.39 is 0 Å². The quantitative estimate of drug-likeness (QED) is 0.442. The molecule has 164 valence electrons. The Hall–Kier alpha value is -3.26. The van der Waals surface area contributed by atoms with E-state index in [2.05, 4.69) is 21.2 Å². The molecule has 0 spiro atoms. The molecule has 1 saturated heterocycles. The average Bonchev–Trinajstić information content (AvgIpc) is 3.41. The predicted octanol–water partition coefficient (Wildman–Crippen LogP) is 4.85. The van der Waals surface area contributed by atoms with Gasteiger partial charge in [-0.1, -0.05) is 35.9 Å². The van der Waals surface area contributed by atoms with Crippen LogP contribution in [0, 0.1) is 11.7 Å². The Bertz CT molecular complexity index is 1280. The lowest BCUT2D eigenvalue weighted by molar-refractivity contribution is -0.132. The fourth-order valence-electron chi connectivity index (χ4n) is 4.34. The Kier molecular flexibility index (Phi) is 5.61. The van der Waals surface area contributed by atoms with Gasteiger partial charge in [-0.2, -0.15) is 5.10 Å². The fraction of sp³-hybridized carbons (Fsp3) is 0.333. The molecule has 32 heavy (non-hydrogen) atoms. The molecular formula is C24H25N5O2S. The van der Waals surface area contributed by atoms with Crippen LogP contribution in [0.5, 0.6) is 0 Å². The van der Waals surface area contributed by atoms with Crippen LogP contribution in [0.3, 0.4) is 0 Å². The zero-order valence-electron chi connectivity index (χ0n) is 18.0. The number of aryl methyl sites for hydroxylation is 1. The molecule has 3 heterocycles. The number of carbonyl (C=O) groups is 1. The first-order valence-corrected chi connectivity index (χ1v) is 11.3. The van der Waals surface area contributed by atoms with Gasteiger partial charge < -0.3 is 9.32 Å². The average molecular weight is 448 g/mol. The first-order valence-electron chi connectivity index (χ1n) is 10.9. The molecule has 8 heteroatoms. The summed E-state index contributed by atoms with van der Waals surface area (Å²) in [5, 5.41) is 7.25. The molecule has 0 atom stereocenters. The van der Waals surface area contributed by atoms with Gasteiger partial charge >= 0.3 is 0 Å². The summed E-state index contributed by atoms with van der Waals surface area (Å²) in [6.07, 6.45) is 2.11. The number of benzene rings is 2. The van der Waals surface area contributed by atoms with Crippen LogP contribution in [0.4, 0.5) is 0 Å². The summed E-state index contributed by atoms with van der Waals surface area (Å²) in [5.74, 6) is 1.94. The molecule has 1 amide bonds. The van der Waals surface area contributed by atoms with E-state index in [1.54, 1.807) is 0 Å². The van der Waals surface area contributed by atoms with Crippen molar-refractivity contribution in [2.45, 2.75) is 38.6 Å². The van der Waals surface area contributed by atoms with E-state index >= 15 is 0 Å². The number of amides is 1. The lowest BCUT2D eigenvalue weighted by atomic mass is 9.96. The standard InChI is InChI=1S/C24H25N5O2S/c1-16-5-4-6-18(15-16)22-26-27-24(32)29(22)14-11-21(30)28-12-9-17(10-13-28)23-25-19-7-2-3-8-20(19)31-23/h2-8,15,17H,9-14H2,1H3,(H,27,32). The van der Waals surface area contributed by atoms with E-state index in [1.165, 1.54) is 0 Å². The molecule has 1 aliphatic heterocycles. The van der Waals surface area contributed by atoms with E-state index in [0.29, 0.717) is 30.8 Å². The number of aromatic amines is 1. The molecule has 0 aliphatic carbocycles. The van der Waals surface area contributed by atoms with E-state index in [-0.39, 0.29) is 11.8 Å². The van der Waals surface area contributed by atoms with Gasteiger partial charge in [0.1, 0.15) is 5.52 Å². The maximum absolute atomic E-state index is 12.9. The molecule has 7 nitrogen and oxygen atoms in total. The summed E-state index contributed by atoms with van der Waals surface area (Å²) in [6, 6.07) is 15.9. The van der Waals surface area contributed by atoms with Gasteiger partial charge in [-0.05, 0) is 50.2 Å². The number of oxazole rings is 1. The van der Waals surface area contributed by atoms with Gasteiger partial charge in [-0.3, -0.25) is 14.5 Å². The van der Waals surface area contributed by atoms with Crippen LogP contribution >= 0.6 is 12.2 Å². The molecule has 4 aromatic rings. The van der Waals surface area contributed by atoms with E-state index in [4.69, 9.17) is 16.6 Å². The highest BCUT2D eigenvalue weighted by Gasteiger charge is 2.27. The minimum Gasteiger partial charge on any atom is -0.440 e. The van der Waals surface area contributed by atoms with Crippen molar-refractivity contribution in [2.24, 2.45) is 0 Å². The highest BCUT2D eigenvalue weighted by atomic mass is 32.1. The number of hydrogen-bond acceptors (Lipinski definition) is 5. The number of nitrogens with zero attached hydrogens (tertiary/aromatic N) is 4. The van der Waals surface area contributed by atoms with E-state index in [0.717, 1.165) is 46.8 Å². The topological polar surface area (TPSA) is 80.0 Å². The number of likely N-dealkylation sites (tertiary alicyclic amines) is 1. The molecule has 2 aromatic heterocycles. The molecule has 1 N–H and O–H groups in total. The first-order chi connectivity index (χ1) is 15.6. The second-order valence-electron chi connectivity index (χ2n) is 8.30. The van der Waals surface area contributed by atoms with Crippen LogP contribution in [0.25, 0.3) is 22.5 Å². The monoisotopic (exact) mass is 447 g/mol. The zero-order valence-corrected chi connectivity index (χ0v) is 18.8. The summed E-state index contributed by atoms with van der Waals surface area (Å²) < 4.78 is 8.38. The lowest BCUT2D eigenvalue weighted by Crippen LogP contribution is -2.38. The number of piperidine rings is 1. The number of fused-ring (bicyclic) bond motifs is 1. The maximum atomic E-state index is 12.9. The number of carbonyl (C=O) groups excluding carboxylic acids is 1. The van der Waals surface area contributed by atoms with Gasteiger partial charge in [0.05, 0.1) is 0 Å². The highest BCUT2D eigenvalue weighted by Crippen LogP contribution is 2.30. The van der Waals surface area contributed by atoms with Crippen molar-refractivity contribution in [3.05, 3.63) is 64.8 Å². The van der Waals surface area contributed by atoms with Crippen LogP contribution in [0.15, 0.2) is 52.9 Å². The lowest BCUT2D eigenvalue weighted by Gasteiger charge is -2.30. The van der Waals surface area contributed by atoms with Crippen molar-refractivity contribution in [1.82, 2.24) is 24.6 Å². The summed E-state index contributed by atoms with van der Waals surface area (Å²) in [7, 11) is 0. The Morgan fingerprint density at radius 3 is 2.78 bits per heavy atom. The van der Waals surface area contributed by atoms with Crippen LogP contribution in [-0.2, 0) is 11.3 Å². The number of para-hydroxylation sites is 2. The third-order valence-electron chi connectivity index (χ3n) is 6.09. The third kappa shape index (κ3) is 4.10. The second-order valence-corrected chi connectivity index (χ2v) is 8.69. The molecule has 1 aliphatic rings. The van der Waals surface area contributed by atoms with Gasteiger partial charge in [0, 0.05) is 37.5 Å². The van der Waals surface area contributed by atoms with Gasteiger partial charge in [-0.15, -0.1) is 0 Å². The molecule has 5 rings (SSSR count). The zero-order chi connectivity index (χ0) is 22.1. The SMILES string of the molecule is Cc1cccc(-c2n[nH]c(=S)n2CCC(=O)N2CCC(c3nc4ccccc4o3)CC2)c1. The molecule has 0 unspecified atom stereocenters. The number of H-pyrrole nitrogens is 1. The van der Waals surface area contributed by atoms with E-state index in [9.17, 15) is 4.79 Å². The summed E-state index contributed by atoms with van der Waals surface area (Å²) in [5.41, 5.74) is 3.86. The van der Waals surface area contributed by atoms with Crippen molar-refractivity contribution < 1.29 is 9.21 Å². The smallest absolute Gasteiger partial charge is 0.224 e. The predicted molar refractivity (Wildman–Crippen MR) is 125 cm³/mol. The van der Waals surface area contributed by atoms with Gasteiger partial charge in [0.2, 0.25) is 5.91 Å². The Morgan fingerprint density at radius 2 is 2.00 bits per heavy atom. The number of hydrogen-bond donors (Lipinski definition) is 1. The van der Waals surface area contributed by atoms with Crippen LogP contribution in [0.2, 0.25) is 0 Å². The van der Waals surface area contributed by atoms with Crippen molar-refractivity contribution >= 4 is 29.2 Å².